The lowest BCUT2D eigenvalue weighted by atomic mass is 9.99. The molecule has 0 fully saturated rings. The van der Waals surface area contributed by atoms with Crippen molar-refractivity contribution in [2.75, 3.05) is 37.9 Å². The Morgan fingerprint density at radius 2 is 0.889 bits per heavy atom. The maximum absolute atomic E-state index is 12.8. The minimum absolute atomic E-state index is 0.138. The van der Waals surface area contributed by atoms with E-state index in [0.29, 0.717) is 75.4 Å². The Balaban J connectivity index is 1.08. The highest BCUT2D eigenvalue weighted by atomic mass is 16.6. The molecule has 0 aliphatic rings. The Hall–Kier alpha value is -7.34. The van der Waals surface area contributed by atoms with Crippen LogP contribution in [0.15, 0.2) is 127 Å². The second kappa shape index (κ2) is 24.8. The van der Waals surface area contributed by atoms with Crippen LogP contribution in [0, 0.1) is 0 Å². The van der Waals surface area contributed by atoms with Gasteiger partial charge in [-0.15, -0.1) is 0 Å². The zero-order valence-corrected chi connectivity index (χ0v) is 35.7. The summed E-state index contributed by atoms with van der Waals surface area (Å²) in [4.78, 5) is 50.9. The summed E-state index contributed by atoms with van der Waals surface area (Å²) in [5.74, 6) is -0.802. The van der Waals surface area contributed by atoms with Crippen LogP contribution >= 0.6 is 0 Å². The smallest absolute Gasteiger partial charge is 0.343 e. The maximum atomic E-state index is 12.8. The number of benzene rings is 5. The molecule has 0 unspecified atom stereocenters. The zero-order valence-electron chi connectivity index (χ0n) is 35.7. The number of nitrogen functional groups attached to an aromatic ring is 2. The number of anilines is 2. The van der Waals surface area contributed by atoms with Gasteiger partial charge in [0.1, 0.15) is 36.2 Å². The minimum Gasteiger partial charge on any atom is -0.494 e. The van der Waals surface area contributed by atoms with Gasteiger partial charge in [-0.05, 0) is 133 Å². The fourth-order valence-corrected chi connectivity index (χ4v) is 6.05. The van der Waals surface area contributed by atoms with E-state index in [-0.39, 0.29) is 13.2 Å². The van der Waals surface area contributed by atoms with Crippen molar-refractivity contribution in [3.63, 3.8) is 0 Å². The monoisotopic (exact) mass is 854 g/mol. The van der Waals surface area contributed by atoms with Crippen molar-refractivity contribution < 1.29 is 47.6 Å². The summed E-state index contributed by atoms with van der Waals surface area (Å²) >= 11 is 0. The summed E-state index contributed by atoms with van der Waals surface area (Å²) in [5, 5.41) is 0. The van der Waals surface area contributed by atoms with Crippen molar-refractivity contribution in [1.82, 2.24) is 0 Å². The van der Waals surface area contributed by atoms with Gasteiger partial charge in [-0.25, -0.2) is 19.2 Å². The minimum atomic E-state index is -0.633. The number of unbranched alkanes of at least 4 members (excludes halogenated alkanes) is 4. The molecule has 0 aliphatic carbocycles. The summed E-state index contributed by atoms with van der Waals surface area (Å²) in [6.45, 7) is 5.24. The topological polar surface area (TPSA) is 176 Å². The zero-order chi connectivity index (χ0) is 44.8. The molecular weight excluding hydrogens is 801 g/mol. The first-order valence-corrected chi connectivity index (χ1v) is 21.0. The van der Waals surface area contributed by atoms with Gasteiger partial charge in [-0.2, -0.15) is 0 Å². The predicted molar refractivity (Wildman–Crippen MR) is 244 cm³/mol. The van der Waals surface area contributed by atoms with Crippen LogP contribution in [0.4, 0.5) is 11.4 Å². The van der Waals surface area contributed by atoms with E-state index in [9.17, 15) is 19.2 Å². The van der Waals surface area contributed by atoms with Gasteiger partial charge in [0.15, 0.2) is 0 Å². The van der Waals surface area contributed by atoms with E-state index >= 15 is 0 Å². The molecule has 0 atom stereocenters. The molecule has 0 saturated heterocycles. The van der Waals surface area contributed by atoms with Crippen LogP contribution in [0.2, 0.25) is 0 Å². The van der Waals surface area contributed by atoms with Crippen molar-refractivity contribution in [3.05, 3.63) is 155 Å². The van der Waals surface area contributed by atoms with Gasteiger partial charge in [-0.1, -0.05) is 63.8 Å². The van der Waals surface area contributed by atoms with E-state index in [1.54, 1.807) is 127 Å². The predicted octanol–water partition coefficient (Wildman–Crippen LogP) is 10.0. The number of nitrogens with two attached hydrogens (primary N) is 2. The number of ether oxygens (including phenoxy) is 6. The standard InChI is InChI=1S/C51H54N2O10/c1-3-5-7-29-58-44-23-15-38(16-24-44)50(56)62-46-19-9-36(10-20-46)13-27-48(54)60-34-41(40-31-42(52)33-43(53)32-40)35-61-49(55)28-14-37-11-21-47(22-12-37)63-51(57)39-17-25-45(26-18-39)59-30-8-6-4-2/h9-28,31-33,41H,3-8,29-30,34-35,52-53H2,1-2H3/b27-13+,28-14+. The molecule has 5 rings (SSSR count). The van der Waals surface area contributed by atoms with Gasteiger partial charge in [0, 0.05) is 23.5 Å². The molecule has 0 amide bonds. The van der Waals surface area contributed by atoms with Crippen molar-refractivity contribution in [2.45, 2.75) is 58.3 Å². The largest absolute Gasteiger partial charge is 0.494 e. The summed E-state index contributed by atoms with van der Waals surface area (Å²) in [6.07, 6.45) is 12.0. The highest BCUT2D eigenvalue weighted by Crippen LogP contribution is 2.24. The number of hydrogen-bond acceptors (Lipinski definition) is 12. The molecule has 5 aromatic rings. The highest BCUT2D eigenvalue weighted by molar-refractivity contribution is 5.92. The SMILES string of the molecule is CCCCCOc1ccc(C(=O)Oc2ccc(/C=C/C(=O)OCC(COC(=O)/C=C/c3ccc(OC(=O)c4ccc(OCCCCC)cc4)cc3)c3cc(N)cc(N)c3)cc2)cc1. The average Bonchev–Trinajstić information content (AvgIpc) is 3.29. The number of carbonyl (C=O) groups excluding carboxylic acids is 4. The Kier molecular flexibility index (Phi) is 18.4. The Labute approximate surface area is 368 Å². The van der Waals surface area contributed by atoms with E-state index in [1.807, 2.05) is 0 Å². The molecule has 0 saturated carbocycles. The van der Waals surface area contributed by atoms with Gasteiger partial charge in [0.2, 0.25) is 0 Å². The Bertz CT molecular complexity index is 2140. The van der Waals surface area contributed by atoms with E-state index in [4.69, 9.17) is 39.9 Å². The van der Waals surface area contributed by atoms with E-state index in [1.165, 1.54) is 12.2 Å². The molecule has 5 aromatic carbocycles. The first-order chi connectivity index (χ1) is 30.6. The number of rotatable bonds is 23. The third-order valence-corrected chi connectivity index (χ3v) is 9.54. The first-order valence-electron chi connectivity index (χ1n) is 21.0. The summed E-state index contributed by atoms with van der Waals surface area (Å²) in [7, 11) is 0. The van der Waals surface area contributed by atoms with E-state index in [0.717, 1.165) is 38.5 Å². The van der Waals surface area contributed by atoms with Crippen molar-refractivity contribution >= 4 is 47.4 Å². The van der Waals surface area contributed by atoms with Gasteiger partial charge in [0.05, 0.1) is 30.3 Å². The molecule has 0 aliphatic heterocycles. The molecule has 0 aromatic heterocycles. The lowest BCUT2D eigenvalue weighted by Gasteiger charge is -2.18. The van der Waals surface area contributed by atoms with Crippen molar-refractivity contribution in [2.24, 2.45) is 0 Å². The van der Waals surface area contributed by atoms with E-state index < -0.39 is 29.8 Å². The number of esters is 4. The normalized spacial score (nSPS) is 11.1. The quantitative estimate of drug-likeness (QED) is 0.0209. The molecule has 0 radical (unpaired) electrons. The second-order valence-corrected chi connectivity index (χ2v) is 14.6. The lowest BCUT2D eigenvalue weighted by molar-refractivity contribution is -0.141. The third kappa shape index (κ3) is 16.2. The Morgan fingerprint density at radius 3 is 1.27 bits per heavy atom. The molecular formula is C51H54N2O10. The van der Waals surface area contributed by atoms with Crippen LogP contribution in [-0.4, -0.2) is 50.3 Å². The van der Waals surface area contributed by atoms with Gasteiger partial charge >= 0.3 is 23.9 Å². The van der Waals surface area contributed by atoms with Crippen LogP contribution in [-0.2, 0) is 19.1 Å². The fraction of sp³-hybridized carbons (Fsp3) is 0.255. The molecule has 4 N–H and O–H groups in total. The van der Waals surface area contributed by atoms with Crippen molar-refractivity contribution in [3.8, 4) is 23.0 Å². The first kappa shape index (κ1) is 46.7. The van der Waals surface area contributed by atoms with Crippen LogP contribution < -0.4 is 30.4 Å². The molecule has 0 spiro atoms. The molecule has 0 bridgehead atoms. The molecule has 63 heavy (non-hydrogen) atoms. The molecule has 12 nitrogen and oxygen atoms in total. The number of carbonyl (C=O) groups is 4. The molecule has 12 heteroatoms. The lowest BCUT2D eigenvalue weighted by Crippen LogP contribution is -2.19. The fourth-order valence-electron chi connectivity index (χ4n) is 6.05. The van der Waals surface area contributed by atoms with Gasteiger partial charge in [-0.3, -0.25) is 0 Å². The highest BCUT2D eigenvalue weighted by Gasteiger charge is 2.18. The number of hydrogen-bond donors (Lipinski definition) is 2. The molecule has 328 valence electrons. The van der Waals surface area contributed by atoms with Crippen molar-refractivity contribution in [1.29, 1.82) is 0 Å². The van der Waals surface area contributed by atoms with Gasteiger partial charge < -0.3 is 39.9 Å². The average molecular weight is 855 g/mol. The summed E-state index contributed by atoms with van der Waals surface area (Å²) in [5.41, 5.74) is 15.6. The summed E-state index contributed by atoms with van der Waals surface area (Å²) in [6, 6.07) is 31.8. The van der Waals surface area contributed by atoms with Crippen LogP contribution in [0.3, 0.4) is 0 Å². The Morgan fingerprint density at radius 1 is 0.508 bits per heavy atom. The van der Waals surface area contributed by atoms with E-state index in [2.05, 4.69) is 13.8 Å². The van der Waals surface area contributed by atoms with Crippen LogP contribution in [0.5, 0.6) is 23.0 Å². The third-order valence-electron chi connectivity index (χ3n) is 9.54. The molecule has 0 heterocycles. The maximum Gasteiger partial charge on any atom is 0.343 e. The van der Waals surface area contributed by atoms with Crippen LogP contribution in [0.25, 0.3) is 12.2 Å². The van der Waals surface area contributed by atoms with Crippen LogP contribution in [0.1, 0.15) is 95.7 Å². The van der Waals surface area contributed by atoms with Gasteiger partial charge in [0.25, 0.3) is 0 Å². The second-order valence-electron chi connectivity index (χ2n) is 14.6. The summed E-state index contributed by atoms with van der Waals surface area (Å²) < 4.78 is 33.5.